The largest absolute Gasteiger partial charge is 0.394 e. The summed E-state index contributed by atoms with van der Waals surface area (Å²) in [6.45, 7) is -0.457. The fourth-order valence-electron chi connectivity index (χ4n) is 6.13. The van der Waals surface area contributed by atoms with Gasteiger partial charge in [-0.15, -0.1) is 0 Å². The zero-order valence-corrected chi connectivity index (χ0v) is 21.8. The minimum atomic E-state index is -2.64. The lowest BCUT2D eigenvalue weighted by molar-refractivity contribution is -0.265. The van der Waals surface area contributed by atoms with Crippen molar-refractivity contribution < 1.29 is 34.0 Å². The summed E-state index contributed by atoms with van der Waals surface area (Å²) in [6.07, 6.45) is -2.24. The molecule has 12 heteroatoms. The molecule has 1 aromatic heterocycles. The van der Waals surface area contributed by atoms with Crippen LogP contribution in [0, 0.1) is 5.82 Å². The number of anilines is 2. The fraction of sp³-hybridized carbons (Fsp3) is 0.393. The van der Waals surface area contributed by atoms with Crippen LogP contribution in [-0.4, -0.2) is 80.9 Å². The summed E-state index contributed by atoms with van der Waals surface area (Å²) in [5, 5.41) is 34.6. The number of aliphatic hydroxyl groups excluding tert-OH is 2. The van der Waals surface area contributed by atoms with Gasteiger partial charge in [-0.2, -0.15) is 4.98 Å². The van der Waals surface area contributed by atoms with Gasteiger partial charge in [0.25, 0.3) is 0 Å². The van der Waals surface area contributed by atoms with Crippen LogP contribution < -0.4 is 16.3 Å². The molecule has 2 fully saturated rings. The molecule has 0 radical (unpaired) electrons. The predicted molar refractivity (Wildman–Crippen MR) is 142 cm³/mol. The summed E-state index contributed by atoms with van der Waals surface area (Å²) in [4.78, 5) is 33.3. The van der Waals surface area contributed by atoms with Crippen LogP contribution in [-0.2, 0) is 15.2 Å². The molecule has 0 unspecified atom stereocenters. The van der Waals surface area contributed by atoms with Crippen molar-refractivity contribution in [2.24, 2.45) is 0 Å². The molecule has 0 saturated carbocycles. The molecule has 3 aromatic rings. The molecule has 0 bridgehead atoms. The lowest BCUT2D eigenvalue weighted by Crippen LogP contribution is -2.76. The first kappa shape index (κ1) is 27.9. The van der Waals surface area contributed by atoms with Crippen LogP contribution in [0.25, 0.3) is 0 Å². The Bertz CT molecular complexity index is 1450. The van der Waals surface area contributed by atoms with Crippen molar-refractivity contribution in [2.45, 2.75) is 42.0 Å². The van der Waals surface area contributed by atoms with E-state index in [9.17, 15) is 29.3 Å². The Balaban J connectivity index is 1.71. The number of nitrogens with two attached hydrogens (primary N) is 1. The van der Waals surface area contributed by atoms with Crippen LogP contribution in [0.5, 0.6) is 0 Å². The Morgan fingerprint density at radius 2 is 1.80 bits per heavy atom. The number of piperidine rings is 1. The van der Waals surface area contributed by atoms with E-state index in [2.05, 4.69) is 4.98 Å². The van der Waals surface area contributed by atoms with Crippen molar-refractivity contribution in [3.05, 3.63) is 88.7 Å². The van der Waals surface area contributed by atoms with Crippen LogP contribution in [0.1, 0.15) is 23.2 Å². The first-order valence-corrected chi connectivity index (χ1v) is 12.8. The Labute approximate surface area is 229 Å². The number of hydrogen-bond donors (Lipinski definition) is 4. The number of halogens is 1. The van der Waals surface area contributed by atoms with E-state index in [1.54, 1.807) is 41.3 Å². The minimum absolute atomic E-state index is 0.00608. The van der Waals surface area contributed by atoms with Crippen molar-refractivity contribution in [1.29, 1.82) is 0 Å². The average Bonchev–Trinajstić information content (AvgIpc) is 3.21. The normalized spacial score (nSPS) is 28.0. The number of aromatic nitrogens is 2. The van der Waals surface area contributed by atoms with Gasteiger partial charge in [-0.3, -0.25) is 9.36 Å². The summed E-state index contributed by atoms with van der Waals surface area (Å²) >= 11 is 0. The molecule has 11 nitrogen and oxygen atoms in total. The zero-order chi connectivity index (χ0) is 28.7. The highest BCUT2D eigenvalue weighted by Crippen LogP contribution is 2.55. The predicted octanol–water partition coefficient (Wildman–Crippen LogP) is 0.669. The van der Waals surface area contributed by atoms with Crippen LogP contribution >= 0.6 is 0 Å². The fourth-order valence-corrected chi connectivity index (χ4v) is 6.13. The van der Waals surface area contributed by atoms with E-state index in [0.717, 1.165) is 10.8 Å². The van der Waals surface area contributed by atoms with E-state index < -0.39 is 53.0 Å². The van der Waals surface area contributed by atoms with Gasteiger partial charge in [-0.1, -0.05) is 42.5 Å². The number of para-hydroxylation sites is 1. The highest BCUT2D eigenvalue weighted by atomic mass is 19.1. The molecule has 40 heavy (non-hydrogen) atoms. The molecule has 5 N–H and O–H groups in total. The SMILES string of the molecule is COC1([C@@]2(O)[C@H](O)[C@@H](CO)O[C@@]2(C(=O)c2ccccc2)n2ccc(N)nc2=O)CCN(c2ccccc2F)CC1. The van der Waals surface area contributed by atoms with E-state index in [1.807, 2.05) is 0 Å². The van der Waals surface area contributed by atoms with Gasteiger partial charge in [0.2, 0.25) is 11.5 Å². The number of ether oxygens (including phenoxy) is 2. The number of methoxy groups -OCH3 is 1. The number of Topliss-reactive ketones (excluding diaryl/α,β-unsaturated/α-hetero) is 1. The number of nitrogens with zero attached hydrogens (tertiary/aromatic N) is 3. The van der Waals surface area contributed by atoms with Crippen LogP contribution in [0.3, 0.4) is 0 Å². The summed E-state index contributed by atoms with van der Waals surface area (Å²) in [5.41, 5.74) is -1.87. The Morgan fingerprint density at radius 3 is 2.40 bits per heavy atom. The maximum Gasteiger partial charge on any atom is 0.352 e. The van der Waals surface area contributed by atoms with Gasteiger partial charge < -0.3 is 35.4 Å². The second-order valence-electron chi connectivity index (χ2n) is 10.0. The number of ketones is 1. The molecule has 212 valence electrons. The Hall–Kier alpha value is -3.68. The van der Waals surface area contributed by atoms with Crippen LogP contribution in [0.4, 0.5) is 15.9 Å². The molecule has 3 heterocycles. The van der Waals surface area contributed by atoms with E-state index in [0.29, 0.717) is 5.69 Å². The van der Waals surface area contributed by atoms with Crippen LogP contribution in [0.2, 0.25) is 0 Å². The first-order valence-electron chi connectivity index (χ1n) is 12.8. The number of carbonyl (C=O) groups excluding carboxylic acids is 1. The molecule has 0 aliphatic carbocycles. The second-order valence-corrected chi connectivity index (χ2v) is 10.0. The minimum Gasteiger partial charge on any atom is -0.394 e. The third kappa shape index (κ3) is 3.94. The monoisotopic (exact) mass is 554 g/mol. The summed E-state index contributed by atoms with van der Waals surface area (Å²) in [6, 6.07) is 15.3. The molecule has 0 amide bonds. The number of hydrogen-bond acceptors (Lipinski definition) is 10. The van der Waals surface area contributed by atoms with E-state index in [-0.39, 0.29) is 37.3 Å². The van der Waals surface area contributed by atoms with Crippen molar-refractivity contribution in [1.82, 2.24) is 9.55 Å². The lowest BCUT2D eigenvalue weighted by atomic mass is 9.65. The maximum atomic E-state index is 14.6. The molecule has 4 atom stereocenters. The van der Waals surface area contributed by atoms with Gasteiger partial charge in [0.05, 0.1) is 12.3 Å². The smallest absolute Gasteiger partial charge is 0.352 e. The number of rotatable bonds is 7. The maximum absolute atomic E-state index is 14.6. The number of nitrogen functional groups attached to an aromatic ring is 1. The van der Waals surface area contributed by atoms with Gasteiger partial charge in [-0.25, -0.2) is 9.18 Å². The summed E-state index contributed by atoms with van der Waals surface area (Å²) in [5.74, 6) is -1.43. The van der Waals surface area contributed by atoms with E-state index in [1.165, 1.54) is 31.4 Å². The van der Waals surface area contributed by atoms with Crippen molar-refractivity contribution in [3.8, 4) is 0 Å². The van der Waals surface area contributed by atoms with E-state index >= 15 is 0 Å². The molecule has 2 aliphatic rings. The number of benzene rings is 2. The van der Waals surface area contributed by atoms with Crippen molar-refractivity contribution in [2.75, 3.05) is 37.4 Å². The zero-order valence-electron chi connectivity index (χ0n) is 21.8. The molecule has 5 rings (SSSR count). The summed E-state index contributed by atoms with van der Waals surface area (Å²) < 4.78 is 27.4. The number of carbonyl (C=O) groups is 1. The third-order valence-electron chi connectivity index (χ3n) is 8.16. The van der Waals surface area contributed by atoms with Crippen molar-refractivity contribution in [3.63, 3.8) is 0 Å². The van der Waals surface area contributed by atoms with Crippen LogP contribution in [0.15, 0.2) is 71.7 Å². The molecule has 0 spiro atoms. The quantitative estimate of drug-likeness (QED) is 0.306. The third-order valence-corrected chi connectivity index (χ3v) is 8.16. The Morgan fingerprint density at radius 1 is 1.15 bits per heavy atom. The molecule has 2 aliphatic heterocycles. The molecular formula is C28H31FN4O7. The molecule has 2 aromatic carbocycles. The molecular weight excluding hydrogens is 523 g/mol. The highest BCUT2D eigenvalue weighted by Gasteiger charge is 2.78. The van der Waals surface area contributed by atoms with Gasteiger partial charge in [0.1, 0.15) is 29.4 Å². The number of aliphatic hydroxyl groups is 3. The second kappa shape index (κ2) is 10.4. The lowest BCUT2D eigenvalue weighted by Gasteiger charge is -2.55. The van der Waals surface area contributed by atoms with E-state index in [4.69, 9.17) is 15.2 Å². The standard InChI is InChI=1S/C28H31FN4O7/c1-39-26(12-15-32(16-13-26)20-10-6-5-9-19(20)29)27(38)24(36)21(17-34)40-28(27,23(35)18-7-3-2-4-8-18)33-14-11-22(30)31-25(33)37/h2-11,14,21,24,34,36,38H,12-13,15-17H2,1H3,(H2,30,31,37)/t21-,24-,27+,28-/m1/s1. The van der Waals surface area contributed by atoms with Crippen molar-refractivity contribution >= 4 is 17.3 Å². The summed E-state index contributed by atoms with van der Waals surface area (Å²) in [7, 11) is 1.32. The average molecular weight is 555 g/mol. The van der Waals surface area contributed by atoms with Gasteiger partial charge >= 0.3 is 5.69 Å². The first-order chi connectivity index (χ1) is 19.1. The molecule has 2 saturated heterocycles. The van der Waals surface area contributed by atoms with Gasteiger partial charge in [-0.05, 0) is 31.0 Å². The van der Waals surface area contributed by atoms with Gasteiger partial charge in [0.15, 0.2) is 5.60 Å². The Kier molecular flexibility index (Phi) is 7.23. The topological polar surface area (TPSA) is 160 Å². The highest BCUT2D eigenvalue weighted by molar-refractivity contribution is 6.02. The van der Waals surface area contributed by atoms with Gasteiger partial charge in [0, 0.05) is 32.0 Å².